The lowest BCUT2D eigenvalue weighted by molar-refractivity contribution is 0.0955. The maximum atomic E-state index is 11.8. The molecular formula is C15H11BrN4O. The molecule has 0 aliphatic carbocycles. The van der Waals surface area contributed by atoms with Gasteiger partial charge in [0.1, 0.15) is 0 Å². The number of aromatic amines is 1. The molecule has 0 unspecified atom stereocenters. The van der Waals surface area contributed by atoms with E-state index in [-0.39, 0.29) is 5.91 Å². The highest BCUT2D eigenvalue weighted by Gasteiger charge is 2.04. The van der Waals surface area contributed by atoms with Gasteiger partial charge >= 0.3 is 0 Å². The van der Waals surface area contributed by atoms with Crippen molar-refractivity contribution in [3.05, 3.63) is 64.5 Å². The second kappa shape index (κ2) is 5.88. The van der Waals surface area contributed by atoms with Gasteiger partial charge in [-0.25, -0.2) is 5.43 Å². The van der Waals surface area contributed by atoms with Crippen molar-refractivity contribution in [1.82, 2.24) is 15.4 Å². The van der Waals surface area contributed by atoms with Crippen molar-refractivity contribution in [2.75, 3.05) is 0 Å². The number of hydrogen-bond acceptors (Lipinski definition) is 3. The Morgan fingerprint density at radius 1 is 1.29 bits per heavy atom. The molecule has 0 aliphatic rings. The van der Waals surface area contributed by atoms with Gasteiger partial charge in [0.2, 0.25) is 0 Å². The fourth-order valence-corrected chi connectivity index (χ4v) is 2.31. The molecule has 2 N–H and O–H groups in total. The zero-order valence-corrected chi connectivity index (χ0v) is 12.5. The lowest BCUT2D eigenvalue weighted by atomic mass is 10.2. The van der Waals surface area contributed by atoms with Crippen LogP contribution in [0.5, 0.6) is 0 Å². The second-order valence-corrected chi connectivity index (χ2v) is 5.28. The van der Waals surface area contributed by atoms with Crippen molar-refractivity contribution in [3.8, 4) is 0 Å². The normalized spacial score (nSPS) is 11.1. The Hall–Kier alpha value is -2.47. The SMILES string of the molecule is O=C(N/N=C/c1c[nH]c2ccc(Br)cc12)c1ccncc1. The minimum absolute atomic E-state index is 0.269. The summed E-state index contributed by atoms with van der Waals surface area (Å²) in [5.41, 5.74) is 4.93. The number of nitrogens with one attached hydrogen (secondary N) is 2. The predicted octanol–water partition coefficient (Wildman–Crippen LogP) is 3.09. The summed E-state index contributed by atoms with van der Waals surface area (Å²) in [6.07, 6.45) is 6.59. The Bertz CT molecular complexity index is 811. The maximum absolute atomic E-state index is 11.8. The highest BCUT2D eigenvalue weighted by atomic mass is 79.9. The van der Waals surface area contributed by atoms with Gasteiger partial charge in [-0.3, -0.25) is 9.78 Å². The van der Waals surface area contributed by atoms with E-state index in [1.54, 1.807) is 30.7 Å². The standard InChI is InChI=1S/C15H11BrN4O/c16-12-1-2-14-13(7-12)11(8-18-14)9-19-20-15(21)10-3-5-17-6-4-10/h1-9,18H,(H,20,21)/b19-9+. The average Bonchev–Trinajstić information content (AvgIpc) is 2.90. The number of halogens is 1. The van der Waals surface area contributed by atoms with Crippen molar-refractivity contribution in [2.45, 2.75) is 0 Å². The molecule has 0 atom stereocenters. The van der Waals surface area contributed by atoms with Gasteiger partial charge in [0.05, 0.1) is 6.21 Å². The summed E-state index contributed by atoms with van der Waals surface area (Å²) >= 11 is 3.44. The molecule has 21 heavy (non-hydrogen) atoms. The van der Waals surface area contributed by atoms with Crippen LogP contribution in [-0.4, -0.2) is 22.1 Å². The largest absolute Gasteiger partial charge is 0.361 e. The number of carbonyl (C=O) groups is 1. The van der Waals surface area contributed by atoms with Gasteiger partial charge in [-0.05, 0) is 30.3 Å². The molecule has 3 aromatic rings. The summed E-state index contributed by atoms with van der Waals surface area (Å²) in [5.74, 6) is -0.269. The van der Waals surface area contributed by atoms with Crippen LogP contribution in [0.15, 0.2) is 58.5 Å². The first-order valence-corrected chi connectivity index (χ1v) is 7.03. The van der Waals surface area contributed by atoms with Gasteiger partial charge in [0.15, 0.2) is 0 Å². The molecule has 0 aliphatic heterocycles. The quantitative estimate of drug-likeness (QED) is 0.567. The van der Waals surface area contributed by atoms with Crippen LogP contribution < -0.4 is 5.43 Å². The minimum Gasteiger partial charge on any atom is -0.361 e. The number of hydrogen-bond donors (Lipinski definition) is 2. The van der Waals surface area contributed by atoms with E-state index in [0.717, 1.165) is 20.9 Å². The average molecular weight is 343 g/mol. The van der Waals surface area contributed by atoms with Crippen molar-refractivity contribution in [3.63, 3.8) is 0 Å². The van der Waals surface area contributed by atoms with E-state index in [9.17, 15) is 4.79 Å². The third-order valence-corrected chi connectivity index (χ3v) is 3.48. The van der Waals surface area contributed by atoms with E-state index in [1.165, 1.54) is 0 Å². The summed E-state index contributed by atoms with van der Waals surface area (Å²) in [7, 11) is 0. The summed E-state index contributed by atoms with van der Waals surface area (Å²) < 4.78 is 0.991. The number of pyridine rings is 1. The molecule has 1 aromatic carbocycles. The summed E-state index contributed by atoms with van der Waals surface area (Å²) in [6.45, 7) is 0. The fourth-order valence-electron chi connectivity index (χ4n) is 1.95. The van der Waals surface area contributed by atoms with Gasteiger partial charge in [-0.1, -0.05) is 15.9 Å². The van der Waals surface area contributed by atoms with Crippen molar-refractivity contribution in [2.24, 2.45) is 5.10 Å². The first-order chi connectivity index (χ1) is 10.2. The first kappa shape index (κ1) is 13.5. The summed E-state index contributed by atoms with van der Waals surface area (Å²) in [4.78, 5) is 18.8. The van der Waals surface area contributed by atoms with E-state index >= 15 is 0 Å². The fraction of sp³-hybridized carbons (Fsp3) is 0. The smallest absolute Gasteiger partial charge is 0.271 e. The molecule has 0 saturated heterocycles. The van der Waals surface area contributed by atoms with Gasteiger partial charge in [0.25, 0.3) is 5.91 Å². The van der Waals surface area contributed by atoms with Crippen LogP contribution in [0, 0.1) is 0 Å². The monoisotopic (exact) mass is 342 g/mol. The highest BCUT2D eigenvalue weighted by molar-refractivity contribution is 9.10. The lowest BCUT2D eigenvalue weighted by Crippen LogP contribution is -2.17. The van der Waals surface area contributed by atoms with Crippen LogP contribution in [-0.2, 0) is 0 Å². The Kier molecular flexibility index (Phi) is 3.79. The van der Waals surface area contributed by atoms with Gasteiger partial charge < -0.3 is 4.98 Å². The molecule has 0 bridgehead atoms. The van der Waals surface area contributed by atoms with Crippen LogP contribution in [0.1, 0.15) is 15.9 Å². The minimum atomic E-state index is -0.269. The van der Waals surface area contributed by atoms with Crippen LogP contribution in [0.3, 0.4) is 0 Å². The zero-order chi connectivity index (χ0) is 14.7. The van der Waals surface area contributed by atoms with Crippen LogP contribution in [0.4, 0.5) is 0 Å². The maximum Gasteiger partial charge on any atom is 0.271 e. The highest BCUT2D eigenvalue weighted by Crippen LogP contribution is 2.21. The van der Waals surface area contributed by atoms with E-state index in [1.807, 2.05) is 24.4 Å². The third kappa shape index (κ3) is 3.00. The lowest BCUT2D eigenvalue weighted by Gasteiger charge is -1.98. The van der Waals surface area contributed by atoms with Crippen molar-refractivity contribution < 1.29 is 4.79 Å². The number of carbonyl (C=O) groups excluding carboxylic acids is 1. The number of H-pyrrole nitrogens is 1. The number of aromatic nitrogens is 2. The van der Waals surface area contributed by atoms with Crippen molar-refractivity contribution >= 4 is 39.0 Å². The Morgan fingerprint density at radius 2 is 2.10 bits per heavy atom. The molecule has 3 rings (SSSR count). The van der Waals surface area contributed by atoms with Crippen LogP contribution >= 0.6 is 15.9 Å². The number of nitrogens with zero attached hydrogens (tertiary/aromatic N) is 2. The molecule has 5 nitrogen and oxygen atoms in total. The van der Waals surface area contributed by atoms with E-state index in [0.29, 0.717) is 5.56 Å². The van der Waals surface area contributed by atoms with Gasteiger partial charge in [-0.15, -0.1) is 0 Å². The van der Waals surface area contributed by atoms with Crippen LogP contribution in [0.25, 0.3) is 10.9 Å². The van der Waals surface area contributed by atoms with Crippen molar-refractivity contribution in [1.29, 1.82) is 0 Å². The Morgan fingerprint density at radius 3 is 2.90 bits per heavy atom. The summed E-state index contributed by atoms with van der Waals surface area (Å²) in [6, 6.07) is 9.20. The van der Waals surface area contributed by atoms with E-state index in [2.05, 4.69) is 36.4 Å². The predicted molar refractivity (Wildman–Crippen MR) is 85.3 cm³/mol. The van der Waals surface area contributed by atoms with Crippen LogP contribution in [0.2, 0.25) is 0 Å². The van der Waals surface area contributed by atoms with E-state index in [4.69, 9.17) is 0 Å². The third-order valence-electron chi connectivity index (χ3n) is 2.99. The van der Waals surface area contributed by atoms with Gasteiger partial charge in [-0.2, -0.15) is 5.10 Å². The molecule has 104 valence electrons. The second-order valence-electron chi connectivity index (χ2n) is 4.37. The summed E-state index contributed by atoms with van der Waals surface area (Å²) in [5, 5.41) is 5.02. The molecular weight excluding hydrogens is 332 g/mol. The topological polar surface area (TPSA) is 70.1 Å². The molecule has 0 spiro atoms. The van der Waals surface area contributed by atoms with E-state index < -0.39 is 0 Å². The molecule has 6 heteroatoms. The number of hydrazone groups is 1. The molecule has 2 heterocycles. The Balaban J connectivity index is 1.76. The molecule has 0 fully saturated rings. The molecule has 0 radical (unpaired) electrons. The molecule has 0 saturated carbocycles. The zero-order valence-electron chi connectivity index (χ0n) is 10.9. The molecule has 1 amide bonds. The number of rotatable bonds is 3. The number of amides is 1. The molecule has 2 aromatic heterocycles. The first-order valence-electron chi connectivity index (χ1n) is 6.24. The number of benzene rings is 1. The number of fused-ring (bicyclic) bond motifs is 1. The Labute approximate surface area is 129 Å². The van der Waals surface area contributed by atoms with Gasteiger partial charge in [0, 0.05) is 45.1 Å².